The Morgan fingerprint density at radius 1 is 1.30 bits per heavy atom. The standard InChI is InChI=1S/C14H13NO3S2/c1-18-11-5-4-8-6-10(3-2-9(8)7-11)12(13(16)17)20-14(15)19/h2-7,12H,1H3,(H2,15,19)(H,16,17). The summed E-state index contributed by atoms with van der Waals surface area (Å²) in [4.78, 5) is 11.3. The van der Waals surface area contributed by atoms with Crippen molar-refractivity contribution in [3.05, 3.63) is 42.0 Å². The van der Waals surface area contributed by atoms with Crippen LogP contribution in [0.15, 0.2) is 36.4 Å². The van der Waals surface area contributed by atoms with Crippen LogP contribution in [-0.4, -0.2) is 22.5 Å². The van der Waals surface area contributed by atoms with Crippen LogP contribution in [0.2, 0.25) is 0 Å². The van der Waals surface area contributed by atoms with E-state index in [1.807, 2.05) is 30.3 Å². The van der Waals surface area contributed by atoms with Gasteiger partial charge in [0.1, 0.15) is 15.3 Å². The van der Waals surface area contributed by atoms with Crippen molar-refractivity contribution in [2.45, 2.75) is 5.25 Å². The van der Waals surface area contributed by atoms with Crippen LogP contribution in [0.25, 0.3) is 10.8 Å². The molecule has 0 heterocycles. The summed E-state index contributed by atoms with van der Waals surface area (Å²) in [5.74, 6) is -0.201. The third kappa shape index (κ3) is 3.20. The Hall–Kier alpha value is -1.79. The van der Waals surface area contributed by atoms with Gasteiger partial charge in [0, 0.05) is 0 Å². The van der Waals surface area contributed by atoms with E-state index in [4.69, 9.17) is 22.7 Å². The molecule has 2 rings (SSSR count). The van der Waals surface area contributed by atoms with Crippen molar-refractivity contribution in [1.82, 2.24) is 0 Å². The number of hydrogen-bond donors (Lipinski definition) is 2. The lowest BCUT2D eigenvalue weighted by atomic mass is 10.0. The van der Waals surface area contributed by atoms with Gasteiger partial charge < -0.3 is 15.6 Å². The Kier molecular flexibility index (Phi) is 4.46. The van der Waals surface area contributed by atoms with E-state index in [1.165, 1.54) is 0 Å². The van der Waals surface area contributed by atoms with Gasteiger partial charge in [-0.2, -0.15) is 0 Å². The minimum atomic E-state index is -0.962. The van der Waals surface area contributed by atoms with E-state index in [-0.39, 0.29) is 4.32 Å². The minimum absolute atomic E-state index is 0.118. The van der Waals surface area contributed by atoms with Crippen LogP contribution >= 0.6 is 24.0 Å². The van der Waals surface area contributed by atoms with Crippen molar-refractivity contribution in [3.8, 4) is 5.75 Å². The lowest BCUT2D eigenvalue weighted by molar-refractivity contribution is -0.136. The zero-order valence-corrected chi connectivity index (χ0v) is 12.3. The summed E-state index contributed by atoms with van der Waals surface area (Å²) < 4.78 is 5.28. The van der Waals surface area contributed by atoms with E-state index in [1.54, 1.807) is 13.2 Å². The molecule has 6 heteroatoms. The second-order valence-electron chi connectivity index (χ2n) is 4.13. The van der Waals surface area contributed by atoms with Gasteiger partial charge in [-0.1, -0.05) is 42.2 Å². The molecule has 1 unspecified atom stereocenters. The second kappa shape index (κ2) is 6.11. The molecule has 2 aromatic rings. The van der Waals surface area contributed by atoms with Crippen LogP contribution in [0, 0.1) is 0 Å². The number of benzene rings is 2. The Bertz CT molecular complexity index is 673. The number of carboxylic acid groups (broad SMARTS) is 1. The summed E-state index contributed by atoms with van der Waals surface area (Å²) in [6.45, 7) is 0. The van der Waals surface area contributed by atoms with Crippen molar-refractivity contribution < 1.29 is 14.6 Å². The summed E-state index contributed by atoms with van der Waals surface area (Å²) in [6.07, 6.45) is 0. The van der Waals surface area contributed by atoms with E-state index in [9.17, 15) is 9.90 Å². The third-order valence-electron chi connectivity index (χ3n) is 2.83. The third-order valence-corrected chi connectivity index (χ3v) is 4.06. The monoisotopic (exact) mass is 307 g/mol. The molecule has 2 aromatic carbocycles. The first-order valence-corrected chi connectivity index (χ1v) is 7.06. The molecule has 0 saturated heterocycles. The van der Waals surface area contributed by atoms with Crippen molar-refractivity contribution in [1.29, 1.82) is 0 Å². The number of ether oxygens (including phenoxy) is 1. The van der Waals surface area contributed by atoms with Crippen LogP contribution in [0.3, 0.4) is 0 Å². The van der Waals surface area contributed by atoms with Gasteiger partial charge in [-0.15, -0.1) is 0 Å². The zero-order chi connectivity index (χ0) is 14.7. The van der Waals surface area contributed by atoms with Gasteiger partial charge >= 0.3 is 5.97 Å². The van der Waals surface area contributed by atoms with Crippen molar-refractivity contribution >= 4 is 45.0 Å². The normalized spacial score (nSPS) is 12.1. The Balaban J connectivity index is 2.44. The molecule has 0 aliphatic carbocycles. The average Bonchev–Trinajstić information content (AvgIpc) is 2.43. The predicted octanol–water partition coefficient (Wildman–Crippen LogP) is 2.95. The lowest BCUT2D eigenvalue weighted by Gasteiger charge is -2.12. The number of carbonyl (C=O) groups is 1. The van der Waals surface area contributed by atoms with Gasteiger partial charge in [-0.05, 0) is 34.5 Å². The molecule has 0 amide bonds. The van der Waals surface area contributed by atoms with Crippen LogP contribution in [0.5, 0.6) is 5.75 Å². The number of rotatable bonds is 4. The number of carboxylic acids is 1. The summed E-state index contributed by atoms with van der Waals surface area (Å²) in [6, 6.07) is 11.1. The number of methoxy groups -OCH3 is 1. The molecule has 0 aliphatic rings. The van der Waals surface area contributed by atoms with Gasteiger partial charge in [0.15, 0.2) is 0 Å². The SMILES string of the molecule is COc1ccc2cc(C(SC(N)=S)C(=O)O)ccc2c1. The largest absolute Gasteiger partial charge is 0.497 e. The maximum Gasteiger partial charge on any atom is 0.321 e. The maximum absolute atomic E-state index is 11.3. The highest BCUT2D eigenvalue weighted by molar-refractivity contribution is 8.23. The molecule has 0 aliphatic heterocycles. The fourth-order valence-electron chi connectivity index (χ4n) is 1.91. The van der Waals surface area contributed by atoms with Crippen molar-refractivity contribution in [3.63, 3.8) is 0 Å². The van der Waals surface area contributed by atoms with Crippen LogP contribution in [0.4, 0.5) is 0 Å². The smallest absolute Gasteiger partial charge is 0.321 e. The first-order valence-electron chi connectivity index (χ1n) is 5.78. The van der Waals surface area contributed by atoms with E-state index in [0.29, 0.717) is 5.56 Å². The highest BCUT2D eigenvalue weighted by Gasteiger charge is 2.21. The number of thioether (sulfide) groups is 1. The lowest BCUT2D eigenvalue weighted by Crippen LogP contribution is -2.13. The van der Waals surface area contributed by atoms with Gasteiger partial charge in [0.2, 0.25) is 0 Å². The predicted molar refractivity (Wildman–Crippen MR) is 85.3 cm³/mol. The highest BCUT2D eigenvalue weighted by Crippen LogP contribution is 2.32. The Morgan fingerprint density at radius 3 is 2.55 bits per heavy atom. The number of hydrogen-bond acceptors (Lipinski definition) is 4. The summed E-state index contributed by atoms with van der Waals surface area (Å²) >= 11 is 5.74. The number of fused-ring (bicyclic) bond motifs is 1. The van der Waals surface area contributed by atoms with E-state index < -0.39 is 11.2 Å². The van der Waals surface area contributed by atoms with Gasteiger partial charge in [-0.3, -0.25) is 4.79 Å². The van der Waals surface area contributed by atoms with E-state index >= 15 is 0 Å². The second-order valence-corrected chi connectivity index (χ2v) is 5.97. The minimum Gasteiger partial charge on any atom is -0.497 e. The van der Waals surface area contributed by atoms with Gasteiger partial charge in [0.05, 0.1) is 7.11 Å². The molecule has 1 atom stereocenters. The molecule has 104 valence electrons. The highest BCUT2D eigenvalue weighted by atomic mass is 32.2. The maximum atomic E-state index is 11.3. The quantitative estimate of drug-likeness (QED) is 0.846. The van der Waals surface area contributed by atoms with E-state index in [2.05, 4.69) is 0 Å². The molecule has 4 nitrogen and oxygen atoms in total. The summed E-state index contributed by atoms with van der Waals surface area (Å²) in [5, 5.41) is 10.4. The van der Waals surface area contributed by atoms with Crippen molar-refractivity contribution in [2.24, 2.45) is 5.73 Å². The van der Waals surface area contributed by atoms with Gasteiger partial charge in [-0.25, -0.2) is 0 Å². The molecular weight excluding hydrogens is 294 g/mol. The topological polar surface area (TPSA) is 72.5 Å². The molecule has 20 heavy (non-hydrogen) atoms. The molecule has 3 N–H and O–H groups in total. The van der Waals surface area contributed by atoms with Crippen LogP contribution in [-0.2, 0) is 4.79 Å². The molecular formula is C14H13NO3S2. The summed E-state index contributed by atoms with van der Waals surface area (Å²) in [5.41, 5.74) is 6.09. The average molecular weight is 307 g/mol. The first-order chi connectivity index (χ1) is 9.51. The molecule has 0 spiro atoms. The molecule has 0 saturated carbocycles. The van der Waals surface area contributed by atoms with Crippen molar-refractivity contribution in [2.75, 3.05) is 7.11 Å². The Labute approximate surface area is 125 Å². The van der Waals surface area contributed by atoms with Crippen LogP contribution in [0.1, 0.15) is 10.8 Å². The number of thiocarbonyl (C=S) groups is 1. The van der Waals surface area contributed by atoms with Crippen LogP contribution < -0.4 is 10.5 Å². The fourth-order valence-corrected chi connectivity index (χ4v) is 2.81. The zero-order valence-electron chi connectivity index (χ0n) is 10.7. The number of aliphatic carboxylic acids is 1. The summed E-state index contributed by atoms with van der Waals surface area (Å²) in [7, 11) is 1.61. The fraction of sp³-hybridized carbons (Fsp3) is 0.143. The van der Waals surface area contributed by atoms with Gasteiger partial charge in [0.25, 0.3) is 0 Å². The number of nitrogens with two attached hydrogens (primary N) is 1. The molecule has 0 aromatic heterocycles. The van der Waals surface area contributed by atoms with E-state index in [0.717, 1.165) is 28.3 Å². The molecule has 0 radical (unpaired) electrons. The molecule has 0 bridgehead atoms. The first kappa shape index (κ1) is 14.6. The molecule has 0 fully saturated rings. The Morgan fingerprint density at radius 2 is 1.95 bits per heavy atom.